The molecule has 0 spiro atoms. The van der Waals surface area contributed by atoms with Gasteiger partial charge in [-0.05, 0) is 72.8 Å². The summed E-state index contributed by atoms with van der Waals surface area (Å²) in [7, 11) is 0. The van der Waals surface area contributed by atoms with Crippen molar-refractivity contribution in [2.24, 2.45) is 0 Å². The Hall–Kier alpha value is -2.66. The molecule has 0 fully saturated rings. The number of carbonyl (C=O) groups is 1. The molecule has 5 heteroatoms. The topological polar surface area (TPSA) is 38.3 Å². The Kier molecular flexibility index (Phi) is 4.91. The van der Waals surface area contributed by atoms with Crippen LogP contribution in [0.1, 0.15) is 10.4 Å². The Morgan fingerprint density at radius 3 is 1.96 bits per heavy atom. The molecule has 24 heavy (non-hydrogen) atoms. The molecule has 0 aromatic heterocycles. The first-order valence-corrected chi connectivity index (χ1v) is 8.00. The van der Waals surface area contributed by atoms with Gasteiger partial charge in [0.2, 0.25) is 0 Å². The third-order valence-electron chi connectivity index (χ3n) is 3.27. The fraction of sp³-hybridized carbons (Fsp3) is 0. The number of nitrogens with one attached hydrogen (secondary N) is 1. The summed E-state index contributed by atoms with van der Waals surface area (Å²) in [5.41, 5.74) is 1.03. The first kappa shape index (κ1) is 16.2. The summed E-state index contributed by atoms with van der Waals surface area (Å²) in [5, 5.41) is 2.75. The molecule has 1 amide bonds. The Bertz CT molecular complexity index is 831. The average molecular weight is 386 g/mol. The highest BCUT2D eigenvalue weighted by atomic mass is 79.9. The van der Waals surface area contributed by atoms with Crippen LogP contribution in [0, 0.1) is 5.82 Å². The highest BCUT2D eigenvalue weighted by molar-refractivity contribution is 9.10. The predicted octanol–water partition coefficient (Wildman–Crippen LogP) is 5.63. The maximum absolute atomic E-state index is 12.9. The average Bonchev–Trinajstić information content (AvgIpc) is 2.59. The summed E-state index contributed by atoms with van der Waals surface area (Å²) < 4.78 is 19.6. The van der Waals surface area contributed by atoms with Gasteiger partial charge in [-0.25, -0.2) is 4.39 Å². The largest absolute Gasteiger partial charge is 0.457 e. The quantitative estimate of drug-likeness (QED) is 0.631. The molecule has 0 saturated carbocycles. The Morgan fingerprint density at radius 2 is 1.38 bits per heavy atom. The van der Waals surface area contributed by atoms with E-state index in [1.54, 1.807) is 24.3 Å². The SMILES string of the molecule is O=C(Nc1ccc(Oc2ccc(Br)cc2)cc1)c1ccc(F)cc1. The Labute approximate surface area is 147 Å². The maximum Gasteiger partial charge on any atom is 0.255 e. The molecule has 0 heterocycles. The lowest BCUT2D eigenvalue weighted by Gasteiger charge is -2.08. The van der Waals surface area contributed by atoms with Crippen molar-refractivity contribution in [3.05, 3.63) is 88.6 Å². The Balaban J connectivity index is 1.64. The van der Waals surface area contributed by atoms with Gasteiger partial charge in [0.05, 0.1) is 0 Å². The number of hydrogen-bond acceptors (Lipinski definition) is 2. The van der Waals surface area contributed by atoms with Gasteiger partial charge in [-0.15, -0.1) is 0 Å². The van der Waals surface area contributed by atoms with Crippen molar-refractivity contribution in [1.82, 2.24) is 0 Å². The van der Waals surface area contributed by atoms with Crippen molar-refractivity contribution in [3.63, 3.8) is 0 Å². The normalized spacial score (nSPS) is 10.2. The second-order valence-corrected chi connectivity index (χ2v) is 5.96. The van der Waals surface area contributed by atoms with E-state index in [-0.39, 0.29) is 11.7 Å². The summed E-state index contributed by atoms with van der Waals surface area (Å²) in [4.78, 5) is 12.1. The van der Waals surface area contributed by atoms with Crippen molar-refractivity contribution >= 4 is 27.5 Å². The van der Waals surface area contributed by atoms with E-state index in [0.29, 0.717) is 17.0 Å². The number of rotatable bonds is 4. The fourth-order valence-corrected chi connectivity index (χ4v) is 2.31. The number of amides is 1. The molecule has 1 N–H and O–H groups in total. The van der Waals surface area contributed by atoms with Gasteiger partial charge in [-0.3, -0.25) is 4.79 Å². The number of carbonyl (C=O) groups excluding carboxylic acids is 1. The van der Waals surface area contributed by atoms with Crippen molar-refractivity contribution in [2.45, 2.75) is 0 Å². The molecule has 3 rings (SSSR count). The summed E-state index contributed by atoms with van der Waals surface area (Å²) >= 11 is 3.37. The van der Waals surface area contributed by atoms with Gasteiger partial charge in [-0.1, -0.05) is 15.9 Å². The molecular formula is C19H13BrFNO2. The van der Waals surface area contributed by atoms with Gasteiger partial charge in [0.15, 0.2) is 0 Å². The predicted molar refractivity (Wildman–Crippen MR) is 95.0 cm³/mol. The van der Waals surface area contributed by atoms with Crippen molar-refractivity contribution in [2.75, 3.05) is 5.32 Å². The van der Waals surface area contributed by atoms with E-state index in [0.717, 1.165) is 10.2 Å². The minimum absolute atomic E-state index is 0.295. The molecule has 120 valence electrons. The van der Waals surface area contributed by atoms with E-state index in [1.807, 2.05) is 24.3 Å². The van der Waals surface area contributed by atoms with Crippen LogP contribution in [-0.4, -0.2) is 5.91 Å². The van der Waals surface area contributed by atoms with Gasteiger partial charge < -0.3 is 10.1 Å². The van der Waals surface area contributed by atoms with Crippen LogP contribution >= 0.6 is 15.9 Å². The lowest BCUT2D eigenvalue weighted by molar-refractivity contribution is 0.102. The van der Waals surface area contributed by atoms with E-state index >= 15 is 0 Å². The lowest BCUT2D eigenvalue weighted by Crippen LogP contribution is -2.11. The van der Waals surface area contributed by atoms with Gasteiger partial charge in [0, 0.05) is 15.7 Å². The number of hydrogen-bond donors (Lipinski definition) is 1. The number of anilines is 1. The monoisotopic (exact) mass is 385 g/mol. The molecule has 0 aliphatic carbocycles. The van der Waals surface area contributed by atoms with Crippen LogP contribution in [0.15, 0.2) is 77.3 Å². The zero-order valence-electron chi connectivity index (χ0n) is 12.5. The number of halogens is 2. The smallest absolute Gasteiger partial charge is 0.255 e. The van der Waals surface area contributed by atoms with E-state index in [1.165, 1.54) is 24.3 Å². The highest BCUT2D eigenvalue weighted by Gasteiger charge is 2.06. The van der Waals surface area contributed by atoms with Crippen molar-refractivity contribution < 1.29 is 13.9 Å². The molecule has 3 aromatic rings. The standard InChI is InChI=1S/C19H13BrFNO2/c20-14-3-9-17(10-4-14)24-18-11-7-16(8-12-18)22-19(23)13-1-5-15(21)6-2-13/h1-12H,(H,22,23). The fourth-order valence-electron chi connectivity index (χ4n) is 2.05. The third kappa shape index (κ3) is 4.20. The zero-order chi connectivity index (χ0) is 16.9. The molecule has 0 aliphatic rings. The Morgan fingerprint density at radius 1 is 0.833 bits per heavy atom. The summed E-state index contributed by atoms with van der Waals surface area (Å²) in [5.74, 6) is 0.718. The minimum Gasteiger partial charge on any atom is -0.457 e. The van der Waals surface area contributed by atoms with Crippen LogP contribution in [-0.2, 0) is 0 Å². The molecule has 0 atom stereocenters. The number of ether oxygens (including phenoxy) is 1. The van der Waals surface area contributed by atoms with Gasteiger partial charge in [0.25, 0.3) is 5.91 Å². The van der Waals surface area contributed by atoms with Crippen LogP contribution in [0.2, 0.25) is 0 Å². The third-order valence-corrected chi connectivity index (χ3v) is 3.80. The summed E-state index contributed by atoms with van der Waals surface area (Å²) in [6.45, 7) is 0. The van der Waals surface area contributed by atoms with E-state index in [2.05, 4.69) is 21.2 Å². The summed E-state index contributed by atoms with van der Waals surface area (Å²) in [6, 6.07) is 19.9. The first-order valence-electron chi connectivity index (χ1n) is 7.20. The van der Waals surface area contributed by atoms with Crippen LogP contribution < -0.4 is 10.1 Å². The van der Waals surface area contributed by atoms with Crippen molar-refractivity contribution in [3.8, 4) is 11.5 Å². The van der Waals surface area contributed by atoms with Crippen LogP contribution in [0.4, 0.5) is 10.1 Å². The second-order valence-electron chi connectivity index (χ2n) is 5.04. The van der Waals surface area contributed by atoms with Crippen LogP contribution in [0.5, 0.6) is 11.5 Å². The van der Waals surface area contributed by atoms with Crippen LogP contribution in [0.3, 0.4) is 0 Å². The molecule has 3 aromatic carbocycles. The van der Waals surface area contributed by atoms with Crippen LogP contribution in [0.25, 0.3) is 0 Å². The maximum atomic E-state index is 12.9. The van der Waals surface area contributed by atoms with Gasteiger partial charge in [-0.2, -0.15) is 0 Å². The molecule has 0 radical (unpaired) electrons. The van der Waals surface area contributed by atoms with Gasteiger partial charge in [0.1, 0.15) is 17.3 Å². The summed E-state index contributed by atoms with van der Waals surface area (Å²) in [6.07, 6.45) is 0. The van der Waals surface area contributed by atoms with E-state index in [4.69, 9.17) is 4.74 Å². The minimum atomic E-state index is -0.374. The second kappa shape index (κ2) is 7.27. The first-order chi connectivity index (χ1) is 11.6. The van der Waals surface area contributed by atoms with Gasteiger partial charge >= 0.3 is 0 Å². The number of benzene rings is 3. The molecular weight excluding hydrogens is 373 g/mol. The molecule has 0 saturated heterocycles. The van der Waals surface area contributed by atoms with E-state index in [9.17, 15) is 9.18 Å². The highest BCUT2D eigenvalue weighted by Crippen LogP contribution is 2.24. The zero-order valence-corrected chi connectivity index (χ0v) is 14.1. The van der Waals surface area contributed by atoms with Crippen molar-refractivity contribution in [1.29, 1.82) is 0 Å². The lowest BCUT2D eigenvalue weighted by atomic mass is 10.2. The van der Waals surface area contributed by atoms with E-state index < -0.39 is 0 Å². The molecule has 3 nitrogen and oxygen atoms in total. The molecule has 0 bridgehead atoms. The molecule has 0 aliphatic heterocycles. The molecule has 0 unspecified atom stereocenters.